The van der Waals surface area contributed by atoms with Crippen molar-refractivity contribution in [2.75, 3.05) is 32.1 Å². The molecule has 0 spiro atoms. The van der Waals surface area contributed by atoms with Crippen LogP contribution in [0.25, 0.3) is 0 Å². The van der Waals surface area contributed by atoms with Gasteiger partial charge in [0.25, 0.3) is 0 Å². The number of nitrogens with zero attached hydrogens (tertiary/aromatic N) is 2. The number of likely N-dealkylation sites (tertiary alicyclic amines) is 1. The van der Waals surface area contributed by atoms with E-state index in [2.05, 4.69) is 28.4 Å². The average molecular weight is 335 g/mol. The van der Waals surface area contributed by atoms with Gasteiger partial charge in [0.05, 0.1) is 18.7 Å². The molecule has 1 aliphatic heterocycles. The standard InChI is InChI=1S/C21H25N3O/c1-25-21-8-4-19(5-9-21)16-24-12-10-18(11-13-24)15-23-20-6-2-17(14-22)3-7-20/h2-9,18,23H,10-13,15-16H2,1H3. The summed E-state index contributed by atoms with van der Waals surface area (Å²) >= 11 is 0. The Balaban J connectivity index is 1.41. The van der Waals surface area contributed by atoms with E-state index in [0.29, 0.717) is 11.5 Å². The largest absolute Gasteiger partial charge is 0.497 e. The van der Waals surface area contributed by atoms with Crippen LogP contribution in [0, 0.1) is 17.2 Å². The maximum Gasteiger partial charge on any atom is 0.118 e. The Kier molecular flexibility index (Phi) is 5.92. The molecule has 25 heavy (non-hydrogen) atoms. The van der Waals surface area contributed by atoms with E-state index in [1.54, 1.807) is 7.11 Å². The molecule has 0 aromatic heterocycles. The normalized spacial score (nSPS) is 15.5. The highest BCUT2D eigenvalue weighted by atomic mass is 16.5. The Morgan fingerprint density at radius 3 is 2.36 bits per heavy atom. The highest BCUT2D eigenvalue weighted by Crippen LogP contribution is 2.21. The number of hydrogen-bond acceptors (Lipinski definition) is 4. The lowest BCUT2D eigenvalue weighted by molar-refractivity contribution is 0.182. The molecule has 0 unspecified atom stereocenters. The fraction of sp³-hybridized carbons (Fsp3) is 0.381. The van der Waals surface area contributed by atoms with Crippen LogP contribution < -0.4 is 10.1 Å². The van der Waals surface area contributed by atoms with Crippen molar-refractivity contribution in [1.29, 1.82) is 5.26 Å². The fourth-order valence-electron chi connectivity index (χ4n) is 3.26. The minimum atomic E-state index is 0.706. The van der Waals surface area contributed by atoms with Crippen LogP contribution in [0.2, 0.25) is 0 Å². The summed E-state index contributed by atoms with van der Waals surface area (Å²) < 4.78 is 5.21. The molecule has 1 heterocycles. The number of hydrogen-bond donors (Lipinski definition) is 1. The molecule has 2 aromatic rings. The minimum Gasteiger partial charge on any atom is -0.497 e. The molecule has 0 amide bonds. The third kappa shape index (κ3) is 4.98. The lowest BCUT2D eigenvalue weighted by Crippen LogP contribution is -2.35. The quantitative estimate of drug-likeness (QED) is 0.870. The SMILES string of the molecule is COc1ccc(CN2CCC(CNc3ccc(C#N)cc3)CC2)cc1. The number of ether oxygens (including phenoxy) is 1. The van der Waals surface area contributed by atoms with Crippen LogP contribution in [-0.4, -0.2) is 31.6 Å². The summed E-state index contributed by atoms with van der Waals surface area (Å²) in [6.07, 6.45) is 2.44. The second-order valence-electron chi connectivity index (χ2n) is 6.64. The molecule has 1 saturated heterocycles. The van der Waals surface area contributed by atoms with Crippen molar-refractivity contribution < 1.29 is 4.74 Å². The molecule has 4 heteroatoms. The maximum atomic E-state index is 8.84. The fourth-order valence-corrected chi connectivity index (χ4v) is 3.26. The van der Waals surface area contributed by atoms with Crippen molar-refractivity contribution in [2.24, 2.45) is 5.92 Å². The number of piperidine rings is 1. The van der Waals surface area contributed by atoms with Gasteiger partial charge in [0.1, 0.15) is 5.75 Å². The summed E-state index contributed by atoms with van der Waals surface area (Å²) in [5, 5.41) is 12.3. The first-order valence-corrected chi connectivity index (χ1v) is 8.86. The lowest BCUT2D eigenvalue weighted by Gasteiger charge is -2.32. The third-order valence-electron chi connectivity index (χ3n) is 4.88. The predicted molar refractivity (Wildman–Crippen MR) is 101 cm³/mol. The zero-order chi connectivity index (χ0) is 17.5. The van der Waals surface area contributed by atoms with Gasteiger partial charge in [-0.25, -0.2) is 0 Å². The van der Waals surface area contributed by atoms with E-state index in [9.17, 15) is 0 Å². The molecule has 4 nitrogen and oxygen atoms in total. The first-order valence-electron chi connectivity index (χ1n) is 8.86. The zero-order valence-electron chi connectivity index (χ0n) is 14.7. The van der Waals surface area contributed by atoms with Crippen molar-refractivity contribution in [3.8, 4) is 11.8 Å². The Bertz CT molecular complexity index is 695. The zero-order valence-corrected chi connectivity index (χ0v) is 14.7. The summed E-state index contributed by atoms with van der Waals surface area (Å²) in [6.45, 7) is 4.31. The lowest BCUT2D eigenvalue weighted by atomic mass is 9.96. The number of benzene rings is 2. The average Bonchev–Trinajstić information content (AvgIpc) is 2.68. The number of rotatable bonds is 6. The van der Waals surface area contributed by atoms with Crippen molar-refractivity contribution in [1.82, 2.24) is 4.90 Å². The molecule has 2 aromatic carbocycles. The molecule has 0 aliphatic carbocycles. The van der Waals surface area contributed by atoms with E-state index in [4.69, 9.17) is 10.00 Å². The topological polar surface area (TPSA) is 48.3 Å². The van der Waals surface area contributed by atoms with Crippen LogP contribution >= 0.6 is 0 Å². The second kappa shape index (κ2) is 8.55. The number of anilines is 1. The van der Waals surface area contributed by atoms with Crippen molar-refractivity contribution >= 4 is 5.69 Å². The molecule has 1 N–H and O–H groups in total. The minimum absolute atomic E-state index is 0.706. The Morgan fingerprint density at radius 2 is 1.76 bits per heavy atom. The van der Waals surface area contributed by atoms with Gasteiger partial charge in [-0.05, 0) is 73.8 Å². The summed E-state index contributed by atoms with van der Waals surface area (Å²) in [6, 6.07) is 18.2. The van der Waals surface area contributed by atoms with Crippen LogP contribution in [0.1, 0.15) is 24.0 Å². The molecule has 0 radical (unpaired) electrons. The molecule has 1 fully saturated rings. The Morgan fingerprint density at radius 1 is 1.08 bits per heavy atom. The van der Waals surface area contributed by atoms with Gasteiger partial charge in [-0.1, -0.05) is 12.1 Å². The smallest absolute Gasteiger partial charge is 0.118 e. The molecule has 3 rings (SSSR count). The first-order chi connectivity index (χ1) is 12.3. The Labute approximate surface area is 150 Å². The van der Waals surface area contributed by atoms with Gasteiger partial charge in [0.15, 0.2) is 0 Å². The van der Waals surface area contributed by atoms with E-state index < -0.39 is 0 Å². The van der Waals surface area contributed by atoms with Gasteiger partial charge in [-0.2, -0.15) is 5.26 Å². The number of nitriles is 1. The number of methoxy groups -OCH3 is 1. The molecule has 0 bridgehead atoms. The maximum absolute atomic E-state index is 8.84. The van der Waals surface area contributed by atoms with E-state index in [1.807, 2.05) is 36.4 Å². The monoisotopic (exact) mass is 335 g/mol. The van der Waals surface area contributed by atoms with E-state index in [0.717, 1.165) is 37.6 Å². The van der Waals surface area contributed by atoms with Crippen LogP contribution in [0.15, 0.2) is 48.5 Å². The van der Waals surface area contributed by atoms with Gasteiger partial charge >= 0.3 is 0 Å². The molecular formula is C21H25N3O. The van der Waals surface area contributed by atoms with Gasteiger partial charge in [0, 0.05) is 18.8 Å². The van der Waals surface area contributed by atoms with Crippen LogP contribution in [0.3, 0.4) is 0 Å². The summed E-state index contributed by atoms with van der Waals surface area (Å²) in [5.41, 5.74) is 3.15. The summed E-state index contributed by atoms with van der Waals surface area (Å²) in [7, 11) is 1.70. The van der Waals surface area contributed by atoms with Crippen LogP contribution in [0.5, 0.6) is 5.75 Å². The van der Waals surface area contributed by atoms with Gasteiger partial charge in [0.2, 0.25) is 0 Å². The van der Waals surface area contributed by atoms with Crippen molar-refractivity contribution in [2.45, 2.75) is 19.4 Å². The molecule has 0 saturated carbocycles. The van der Waals surface area contributed by atoms with E-state index >= 15 is 0 Å². The van der Waals surface area contributed by atoms with Gasteiger partial charge in [-0.3, -0.25) is 4.90 Å². The summed E-state index contributed by atoms with van der Waals surface area (Å²) in [5.74, 6) is 1.62. The molecule has 1 aliphatic rings. The van der Waals surface area contributed by atoms with Crippen molar-refractivity contribution in [3.63, 3.8) is 0 Å². The van der Waals surface area contributed by atoms with Crippen LogP contribution in [-0.2, 0) is 6.54 Å². The third-order valence-corrected chi connectivity index (χ3v) is 4.88. The summed E-state index contributed by atoms with van der Waals surface area (Å²) in [4.78, 5) is 2.53. The highest BCUT2D eigenvalue weighted by Gasteiger charge is 2.19. The molecule has 0 atom stereocenters. The van der Waals surface area contributed by atoms with Crippen molar-refractivity contribution in [3.05, 3.63) is 59.7 Å². The first kappa shape index (κ1) is 17.3. The van der Waals surface area contributed by atoms with Crippen LogP contribution in [0.4, 0.5) is 5.69 Å². The molecular weight excluding hydrogens is 310 g/mol. The Hall–Kier alpha value is -2.51. The van der Waals surface area contributed by atoms with E-state index in [-0.39, 0.29) is 0 Å². The predicted octanol–water partition coefficient (Wildman–Crippen LogP) is 3.89. The number of nitrogens with one attached hydrogen (secondary N) is 1. The second-order valence-corrected chi connectivity index (χ2v) is 6.64. The van der Waals surface area contributed by atoms with Gasteiger partial charge < -0.3 is 10.1 Å². The molecule has 130 valence electrons. The van der Waals surface area contributed by atoms with E-state index in [1.165, 1.54) is 18.4 Å². The van der Waals surface area contributed by atoms with Gasteiger partial charge in [-0.15, -0.1) is 0 Å². The highest BCUT2D eigenvalue weighted by molar-refractivity contribution is 5.47.